The smallest absolute Gasteiger partial charge is 0.303 e. The van der Waals surface area contributed by atoms with Gasteiger partial charge in [0.05, 0.1) is 0 Å². The van der Waals surface area contributed by atoms with Crippen molar-refractivity contribution >= 4 is 11.9 Å². The second-order valence-electron chi connectivity index (χ2n) is 11.6. The average molecular weight is 497 g/mol. The summed E-state index contributed by atoms with van der Waals surface area (Å²) in [6.45, 7) is 11.7. The van der Waals surface area contributed by atoms with Crippen LogP contribution in [0.4, 0.5) is 0 Å². The average Bonchev–Trinajstić information content (AvgIpc) is 2.82. The van der Waals surface area contributed by atoms with Crippen LogP contribution in [0.5, 0.6) is 0 Å². The molecule has 3 unspecified atom stereocenters. The summed E-state index contributed by atoms with van der Waals surface area (Å²) < 4.78 is 0. The maximum atomic E-state index is 11.6. The van der Waals surface area contributed by atoms with Gasteiger partial charge in [-0.25, -0.2) is 0 Å². The molecule has 208 valence electrons. The molecule has 0 rings (SSSR count). The van der Waals surface area contributed by atoms with Crippen molar-refractivity contribution in [2.24, 2.45) is 23.2 Å². The molecule has 4 nitrogen and oxygen atoms in total. The SMILES string of the molecule is CCCCC(CC)CC(C)(CC(CC)CCCC)C(CCCCCCCCC(=O)O)CCC(=O)O. The highest BCUT2D eigenvalue weighted by molar-refractivity contribution is 5.66. The van der Waals surface area contributed by atoms with E-state index in [0.29, 0.717) is 5.92 Å². The summed E-state index contributed by atoms with van der Waals surface area (Å²) in [7, 11) is 0. The van der Waals surface area contributed by atoms with Crippen LogP contribution in [-0.4, -0.2) is 22.2 Å². The number of hydrogen-bond donors (Lipinski definition) is 2. The largest absolute Gasteiger partial charge is 0.481 e. The minimum absolute atomic E-state index is 0.208. The topological polar surface area (TPSA) is 74.6 Å². The van der Waals surface area contributed by atoms with Crippen LogP contribution in [0, 0.1) is 23.2 Å². The van der Waals surface area contributed by atoms with E-state index in [4.69, 9.17) is 5.11 Å². The van der Waals surface area contributed by atoms with Crippen molar-refractivity contribution in [1.29, 1.82) is 0 Å². The molecule has 0 saturated heterocycles. The third-order valence-corrected chi connectivity index (χ3v) is 8.48. The molecule has 0 amide bonds. The van der Waals surface area contributed by atoms with Crippen molar-refractivity contribution in [3.8, 4) is 0 Å². The number of aliphatic carboxylic acids is 2. The summed E-state index contributed by atoms with van der Waals surface area (Å²) in [6, 6.07) is 0. The fourth-order valence-corrected chi connectivity index (χ4v) is 6.14. The molecule has 0 saturated carbocycles. The number of rotatable bonds is 25. The Labute approximate surface area is 218 Å². The van der Waals surface area contributed by atoms with Crippen LogP contribution in [-0.2, 0) is 9.59 Å². The lowest BCUT2D eigenvalue weighted by molar-refractivity contribution is -0.138. The van der Waals surface area contributed by atoms with E-state index in [1.54, 1.807) is 0 Å². The zero-order valence-electron chi connectivity index (χ0n) is 24.1. The Morgan fingerprint density at radius 2 is 1.06 bits per heavy atom. The molecular formula is C31H60O4. The molecule has 4 heteroatoms. The first kappa shape index (κ1) is 33.9. The quantitative estimate of drug-likeness (QED) is 0.123. The molecule has 2 N–H and O–H groups in total. The van der Waals surface area contributed by atoms with Gasteiger partial charge in [-0.15, -0.1) is 0 Å². The minimum Gasteiger partial charge on any atom is -0.481 e. The van der Waals surface area contributed by atoms with Crippen molar-refractivity contribution in [3.05, 3.63) is 0 Å². The van der Waals surface area contributed by atoms with E-state index >= 15 is 0 Å². The second-order valence-corrected chi connectivity index (χ2v) is 11.6. The number of hydrogen-bond acceptors (Lipinski definition) is 2. The van der Waals surface area contributed by atoms with Gasteiger partial charge in [0.15, 0.2) is 0 Å². The molecule has 0 aliphatic rings. The molecule has 0 aliphatic carbocycles. The van der Waals surface area contributed by atoms with E-state index in [1.165, 1.54) is 70.6 Å². The minimum atomic E-state index is -0.695. The first-order valence-corrected chi connectivity index (χ1v) is 15.2. The van der Waals surface area contributed by atoms with Crippen molar-refractivity contribution in [3.63, 3.8) is 0 Å². The van der Waals surface area contributed by atoms with Gasteiger partial charge >= 0.3 is 11.9 Å². The summed E-state index contributed by atoms with van der Waals surface area (Å²) in [4.78, 5) is 22.2. The van der Waals surface area contributed by atoms with Gasteiger partial charge in [0.2, 0.25) is 0 Å². The van der Waals surface area contributed by atoms with Gasteiger partial charge in [-0.2, -0.15) is 0 Å². The summed E-state index contributed by atoms with van der Waals surface area (Å²) in [5.41, 5.74) is 0.208. The third-order valence-electron chi connectivity index (χ3n) is 8.48. The number of carboxylic acids is 2. The Morgan fingerprint density at radius 1 is 0.600 bits per heavy atom. The Kier molecular flexibility index (Phi) is 20.4. The van der Waals surface area contributed by atoms with Crippen molar-refractivity contribution < 1.29 is 19.8 Å². The van der Waals surface area contributed by atoms with Gasteiger partial charge in [0.1, 0.15) is 0 Å². The first-order valence-electron chi connectivity index (χ1n) is 15.2. The lowest BCUT2D eigenvalue weighted by atomic mass is 9.62. The Morgan fingerprint density at radius 3 is 1.49 bits per heavy atom. The lowest BCUT2D eigenvalue weighted by Crippen LogP contribution is -2.33. The molecule has 0 spiro atoms. The van der Waals surface area contributed by atoms with Crippen LogP contribution in [0.25, 0.3) is 0 Å². The molecule has 0 bridgehead atoms. The summed E-state index contributed by atoms with van der Waals surface area (Å²) >= 11 is 0. The highest BCUT2D eigenvalue weighted by Gasteiger charge is 2.37. The van der Waals surface area contributed by atoms with Crippen LogP contribution >= 0.6 is 0 Å². The molecule has 0 aromatic heterocycles. The van der Waals surface area contributed by atoms with Crippen LogP contribution in [0.15, 0.2) is 0 Å². The van der Waals surface area contributed by atoms with E-state index in [1.807, 2.05) is 0 Å². The van der Waals surface area contributed by atoms with Crippen LogP contribution in [0.3, 0.4) is 0 Å². The zero-order chi connectivity index (χ0) is 26.5. The standard InChI is InChI=1S/C31H60O4/c1-6-10-18-26(8-3)24-31(5,25-27(9-4)19-11-7-2)28(22-23-30(34)35)20-16-14-12-13-15-17-21-29(32)33/h26-28H,6-25H2,1-5H3,(H,32,33)(H,34,35). The maximum absolute atomic E-state index is 11.6. The van der Waals surface area contributed by atoms with E-state index in [2.05, 4.69) is 34.6 Å². The van der Waals surface area contributed by atoms with Crippen molar-refractivity contribution in [1.82, 2.24) is 0 Å². The molecule has 0 aromatic rings. The summed E-state index contributed by atoms with van der Waals surface area (Å²) in [6.07, 6.45) is 21.5. The summed E-state index contributed by atoms with van der Waals surface area (Å²) in [5, 5.41) is 18.3. The monoisotopic (exact) mass is 496 g/mol. The highest BCUT2D eigenvalue weighted by Crippen LogP contribution is 2.47. The van der Waals surface area contributed by atoms with Crippen LogP contribution in [0.2, 0.25) is 0 Å². The van der Waals surface area contributed by atoms with Gasteiger partial charge in [0, 0.05) is 12.8 Å². The second kappa shape index (κ2) is 21.1. The molecule has 0 aliphatic heterocycles. The summed E-state index contributed by atoms with van der Waals surface area (Å²) in [5.74, 6) is 0.596. The maximum Gasteiger partial charge on any atom is 0.303 e. The van der Waals surface area contributed by atoms with Gasteiger partial charge < -0.3 is 10.2 Å². The Bertz CT molecular complexity index is 512. The predicted molar refractivity (Wildman–Crippen MR) is 149 cm³/mol. The van der Waals surface area contributed by atoms with Gasteiger partial charge in [-0.05, 0) is 55.3 Å². The van der Waals surface area contributed by atoms with E-state index < -0.39 is 11.9 Å². The van der Waals surface area contributed by atoms with Crippen LogP contribution < -0.4 is 0 Å². The molecule has 3 atom stereocenters. The molecule has 0 heterocycles. The third kappa shape index (κ3) is 17.1. The van der Waals surface area contributed by atoms with Crippen LogP contribution in [0.1, 0.15) is 163 Å². The number of carbonyl (C=O) groups is 2. The Balaban J connectivity index is 5.34. The number of carboxylic acid groups (broad SMARTS) is 2. The first-order chi connectivity index (χ1) is 16.7. The van der Waals surface area contributed by atoms with Crippen molar-refractivity contribution in [2.45, 2.75) is 163 Å². The van der Waals surface area contributed by atoms with Gasteiger partial charge in [-0.3, -0.25) is 9.59 Å². The number of unbranched alkanes of at least 4 members (excludes halogenated alkanes) is 7. The highest BCUT2D eigenvalue weighted by atomic mass is 16.4. The molecule has 0 aromatic carbocycles. The van der Waals surface area contributed by atoms with E-state index in [9.17, 15) is 14.7 Å². The predicted octanol–water partition coefficient (Wildman–Crippen LogP) is 9.89. The van der Waals surface area contributed by atoms with E-state index in [-0.39, 0.29) is 18.3 Å². The van der Waals surface area contributed by atoms with Gasteiger partial charge in [-0.1, -0.05) is 118 Å². The van der Waals surface area contributed by atoms with Gasteiger partial charge in [0.25, 0.3) is 0 Å². The Hall–Kier alpha value is -1.06. The fourth-order valence-electron chi connectivity index (χ4n) is 6.14. The lowest BCUT2D eigenvalue weighted by Gasteiger charge is -2.43. The van der Waals surface area contributed by atoms with E-state index in [0.717, 1.165) is 56.8 Å². The normalized spacial score (nSPS) is 15.9. The molecular weight excluding hydrogens is 436 g/mol. The van der Waals surface area contributed by atoms with Crippen molar-refractivity contribution in [2.75, 3.05) is 0 Å². The zero-order valence-corrected chi connectivity index (χ0v) is 24.1. The fraction of sp³-hybridized carbons (Fsp3) is 0.935. The molecule has 35 heavy (non-hydrogen) atoms. The molecule has 0 radical (unpaired) electrons. The molecule has 0 fully saturated rings.